The van der Waals surface area contributed by atoms with E-state index in [1.807, 2.05) is 0 Å². The zero-order valence-corrected chi connectivity index (χ0v) is 11.7. The van der Waals surface area contributed by atoms with E-state index in [0.29, 0.717) is 23.4 Å². The van der Waals surface area contributed by atoms with Crippen molar-refractivity contribution in [3.05, 3.63) is 6.33 Å². The molecule has 6 heteroatoms. The Balaban J connectivity index is 1.92. The van der Waals surface area contributed by atoms with Crippen molar-refractivity contribution in [1.82, 2.24) is 14.9 Å². The minimum absolute atomic E-state index is 0.292. The van der Waals surface area contributed by atoms with Crippen molar-refractivity contribution in [3.8, 4) is 5.88 Å². The molecule has 0 bridgehead atoms. The molecule has 19 heavy (non-hydrogen) atoms. The molecule has 0 aliphatic carbocycles. The Hall–Kier alpha value is -1.56. The normalized spacial score (nSPS) is 18.0. The van der Waals surface area contributed by atoms with Gasteiger partial charge in [-0.05, 0) is 32.9 Å². The van der Waals surface area contributed by atoms with Crippen LogP contribution in [0.5, 0.6) is 5.88 Å². The van der Waals surface area contributed by atoms with Crippen molar-refractivity contribution >= 4 is 11.5 Å². The number of hydrogen-bond acceptors (Lipinski definition) is 6. The van der Waals surface area contributed by atoms with Gasteiger partial charge in [-0.25, -0.2) is 4.98 Å². The van der Waals surface area contributed by atoms with E-state index >= 15 is 0 Å². The second-order valence-electron chi connectivity index (χ2n) is 5.05. The number of anilines is 2. The third-order valence-corrected chi connectivity index (χ3v) is 3.40. The summed E-state index contributed by atoms with van der Waals surface area (Å²) in [6, 6.07) is 0.292. The number of hydrogen-bond donors (Lipinski definition) is 2. The molecule has 1 aliphatic rings. The fourth-order valence-corrected chi connectivity index (χ4v) is 2.47. The number of nitrogen functional groups attached to an aromatic ring is 1. The van der Waals surface area contributed by atoms with E-state index in [2.05, 4.69) is 27.1 Å². The summed E-state index contributed by atoms with van der Waals surface area (Å²) in [5, 5.41) is 3.33. The quantitative estimate of drug-likeness (QED) is 0.837. The van der Waals surface area contributed by atoms with Crippen molar-refractivity contribution in [1.29, 1.82) is 0 Å². The van der Waals surface area contributed by atoms with Gasteiger partial charge in [0.05, 0.1) is 7.11 Å². The lowest BCUT2D eigenvalue weighted by molar-refractivity contribution is 0.223. The average Bonchev–Trinajstić information content (AvgIpc) is 2.42. The van der Waals surface area contributed by atoms with Gasteiger partial charge in [-0.15, -0.1) is 0 Å². The van der Waals surface area contributed by atoms with E-state index in [-0.39, 0.29) is 0 Å². The molecule has 1 fully saturated rings. The summed E-state index contributed by atoms with van der Waals surface area (Å²) in [6.45, 7) is 5.53. The Morgan fingerprint density at radius 3 is 2.79 bits per heavy atom. The third kappa shape index (κ3) is 3.70. The molecule has 0 aromatic carbocycles. The number of methoxy groups -OCH3 is 1. The number of nitrogens with zero attached hydrogens (tertiary/aromatic N) is 3. The van der Waals surface area contributed by atoms with E-state index in [1.54, 1.807) is 7.11 Å². The maximum Gasteiger partial charge on any atom is 0.242 e. The molecule has 1 aliphatic heterocycles. The predicted octanol–water partition coefficient (Wildman–Crippen LogP) is 1.35. The van der Waals surface area contributed by atoms with E-state index in [4.69, 9.17) is 10.5 Å². The van der Waals surface area contributed by atoms with Gasteiger partial charge in [0, 0.05) is 12.6 Å². The third-order valence-electron chi connectivity index (χ3n) is 3.40. The van der Waals surface area contributed by atoms with Crippen LogP contribution in [0, 0.1) is 0 Å². The summed E-state index contributed by atoms with van der Waals surface area (Å²) in [4.78, 5) is 10.6. The zero-order valence-electron chi connectivity index (χ0n) is 11.7. The number of ether oxygens (including phenoxy) is 1. The molecule has 2 rings (SSSR count). The van der Waals surface area contributed by atoms with Gasteiger partial charge in [0.15, 0.2) is 5.82 Å². The maximum absolute atomic E-state index is 5.95. The number of nitrogens with two attached hydrogens (primary N) is 1. The summed E-state index contributed by atoms with van der Waals surface area (Å²) in [5.74, 6) is 1.07. The molecule has 106 valence electrons. The summed E-state index contributed by atoms with van der Waals surface area (Å²) < 4.78 is 5.09. The summed E-state index contributed by atoms with van der Waals surface area (Å²) in [5.41, 5.74) is 6.42. The SMILES string of the molecule is COc1ncnc(NC(C)CN2CCCCC2)c1N. The van der Waals surface area contributed by atoms with Crippen LogP contribution in [0.3, 0.4) is 0 Å². The monoisotopic (exact) mass is 265 g/mol. The lowest BCUT2D eigenvalue weighted by atomic mass is 10.1. The number of piperidine rings is 1. The van der Waals surface area contributed by atoms with Crippen molar-refractivity contribution in [2.45, 2.75) is 32.2 Å². The van der Waals surface area contributed by atoms with Crippen molar-refractivity contribution in [2.24, 2.45) is 0 Å². The topological polar surface area (TPSA) is 76.3 Å². The fraction of sp³-hybridized carbons (Fsp3) is 0.692. The molecule has 2 heterocycles. The molecular formula is C13H23N5O. The van der Waals surface area contributed by atoms with E-state index in [1.165, 1.54) is 38.7 Å². The molecule has 1 unspecified atom stereocenters. The van der Waals surface area contributed by atoms with Crippen LogP contribution in [0.1, 0.15) is 26.2 Å². The minimum Gasteiger partial charge on any atom is -0.479 e. The van der Waals surface area contributed by atoms with E-state index in [9.17, 15) is 0 Å². The fourth-order valence-electron chi connectivity index (χ4n) is 2.47. The Morgan fingerprint density at radius 1 is 1.37 bits per heavy atom. The highest BCUT2D eigenvalue weighted by molar-refractivity contribution is 5.66. The highest BCUT2D eigenvalue weighted by Gasteiger charge is 2.15. The Kier molecular flexibility index (Phi) is 4.79. The molecule has 6 nitrogen and oxygen atoms in total. The van der Waals surface area contributed by atoms with E-state index in [0.717, 1.165) is 6.54 Å². The second-order valence-corrected chi connectivity index (χ2v) is 5.05. The molecule has 0 amide bonds. The molecular weight excluding hydrogens is 242 g/mol. The number of nitrogens with one attached hydrogen (secondary N) is 1. The van der Waals surface area contributed by atoms with Crippen LogP contribution in [-0.4, -0.2) is 47.7 Å². The standard InChI is InChI=1S/C13H23N5O/c1-10(8-18-6-4-3-5-7-18)17-12-11(14)13(19-2)16-9-15-12/h9-10H,3-8,14H2,1-2H3,(H,15,16,17). The van der Waals surface area contributed by atoms with Crippen LogP contribution < -0.4 is 15.8 Å². The van der Waals surface area contributed by atoms with E-state index < -0.39 is 0 Å². The van der Waals surface area contributed by atoms with Gasteiger partial charge in [0.25, 0.3) is 0 Å². The van der Waals surface area contributed by atoms with Crippen LogP contribution >= 0.6 is 0 Å². The van der Waals surface area contributed by atoms with Gasteiger partial charge >= 0.3 is 0 Å². The number of likely N-dealkylation sites (tertiary alicyclic amines) is 1. The van der Waals surface area contributed by atoms with Crippen LogP contribution in [0.4, 0.5) is 11.5 Å². The van der Waals surface area contributed by atoms with Crippen LogP contribution in [0.25, 0.3) is 0 Å². The first-order valence-corrected chi connectivity index (χ1v) is 6.84. The van der Waals surface area contributed by atoms with Gasteiger partial charge in [0.2, 0.25) is 5.88 Å². The smallest absolute Gasteiger partial charge is 0.242 e. The lowest BCUT2D eigenvalue weighted by Crippen LogP contribution is -2.38. The average molecular weight is 265 g/mol. The van der Waals surface area contributed by atoms with Gasteiger partial charge < -0.3 is 20.7 Å². The van der Waals surface area contributed by atoms with Gasteiger partial charge in [-0.3, -0.25) is 0 Å². The van der Waals surface area contributed by atoms with Crippen molar-refractivity contribution in [2.75, 3.05) is 37.8 Å². The summed E-state index contributed by atoms with van der Waals surface area (Å²) in [6.07, 6.45) is 5.42. The summed E-state index contributed by atoms with van der Waals surface area (Å²) >= 11 is 0. The maximum atomic E-state index is 5.95. The summed E-state index contributed by atoms with van der Waals surface area (Å²) in [7, 11) is 1.56. The molecule has 3 N–H and O–H groups in total. The minimum atomic E-state index is 0.292. The second kappa shape index (κ2) is 6.56. The molecule has 1 saturated heterocycles. The largest absolute Gasteiger partial charge is 0.479 e. The molecule has 1 aromatic rings. The molecule has 1 aromatic heterocycles. The number of rotatable bonds is 5. The highest BCUT2D eigenvalue weighted by Crippen LogP contribution is 2.24. The van der Waals surface area contributed by atoms with Crippen LogP contribution in [0.2, 0.25) is 0 Å². The molecule has 0 radical (unpaired) electrons. The Morgan fingerprint density at radius 2 is 2.11 bits per heavy atom. The zero-order chi connectivity index (χ0) is 13.7. The molecule has 0 saturated carbocycles. The van der Waals surface area contributed by atoms with Gasteiger partial charge in [0.1, 0.15) is 12.0 Å². The first-order chi connectivity index (χ1) is 9.20. The van der Waals surface area contributed by atoms with Crippen molar-refractivity contribution < 1.29 is 4.74 Å². The lowest BCUT2D eigenvalue weighted by Gasteiger charge is -2.29. The Labute approximate surface area is 114 Å². The van der Waals surface area contributed by atoms with Crippen LogP contribution in [0.15, 0.2) is 6.33 Å². The highest BCUT2D eigenvalue weighted by atomic mass is 16.5. The number of aromatic nitrogens is 2. The molecule has 0 spiro atoms. The molecule has 1 atom stereocenters. The first kappa shape index (κ1) is 13.9. The van der Waals surface area contributed by atoms with Crippen LogP contribution in [-0.2, 0) is 0 Å². The van der Waals surface area contributed by atoms with Gasteiger partial charge in [-0.1, -0.05) is 6.42 Å². The van der Waals surface area contributed by atoms with Crippen molar-refractivity contribution in [3.63, 3.8) is 0 Å². The predicted molar refractivity (Wildman–Crippen MR) is 76.4 cm³/mol. The van der Waals surface area contributed by atoms with Gasteiger partial charge in [-0.2, -0.15) is 4.98 Å². The first-order valence-electron chi connectivity index (χ1n) is 6.84. The Bertz CT molecular complexity index is 406.